The number of nitrogens with one attached hydrogen (secondary N) is 2. The van der Waals surface area contributed by atoms with E-state index in [0.717, 1.165) is 0 Å². The highest BCUT2D eigenvalue weighted by Gasteiger charge is 2.48. The van der Waals surface area contributed by atoms with Crippen molar-refractivity contribution in [3.05, 3.63) is 90.0 Å². The highest BCUT2D eigenvalue weighted by atomic mass is 16.6. The zero-order chi connectivity index (χ0) is 23.5. The number of aromatic hydroxyl groups is 1. The summed E-state index contributed by atoms with van der Waals surface area (Å²) in [5, 5.41) is 26.8. The lowest BCUT2D eigenvalue weighted by molar-refractivity contribution is 0.0517. The molecule has 34 heavy (non-hydrogen) atoms. The molecule has 8 nitrogen and oxygen atoms in total. The van der Waals surface area contributed by atoms with Crippen molar-refractivity contribution >= 4 is 5.91 Å². The number of aliphatic hydroxyl groups is 1. The van der Waals surface area contributed by atoms with Crippen molar-refractivity contribution in [1.82, 2.24) is 10.6 Å². The van der Waals surface area contributed by atoms with Crippen molar-refractivity contribution in [2.45, 2.75) is 30.5 Å². The Balaban J connectivity index is 1.19. The van der Waals surface area contributed by atoms with Gasteiger partial charge in [-0.1, -0.05) is 42.5 Å². The Morgan fingerprint density at radius 2 is 1.56 bits per heavy atom. The number of phenolic OH excluding ortho intramolecular Hbond substituents is 1. The summed E-state index contributed by atoms with van der Waals surface area (Å²) < 4.78 is 17.7. The topological polar surface area (TPSA) is 109 Å². The second-order valence-electron chi connectivity index (χ2n) is 8.36. The molecule has 0 bridgehead atoms. The van der Waals surface area contributed by atoms with E-state index in [0.29, 0.717) is 23.7 Å². The average Bonchev–Trinajstić information content (AvgIpc) is 3.43. The Hall–Kier alpha value is -3.43. The van der Waals surface area contributed by atoms with Crippen LogP contribution in [0.4, 0.5) is 0 Å². The van der Waals surface area contributed by atoms with Gasteiger partial charge in [-0.15, -0.1) is 0 Å². The maximum Gasteiger partial charge on any atom is 0.255 e. The molecular weight excluding hydrogens is 436 g/mol. The molecule has 1 amide bonds. The van der Waals surface area contributed by atoms with Crippen LogP contribution < -0.4 is 15.4 Å². The Morgan fingerprint density at radius 3 is 2.35 bits per heavy atom. The van der Waals surface area contributed by atoms with Gasteiger partial charge >= 0.3 is 0 Å². The minimum Gasteiger partial charge on any atom is -0.507 e. The lowest BCUT2D eigenvalue weighted by Crippen LogP contribution is -2.46. The Labute approximate surface area is 197 Å². The molecule has 2 heterocycles. The number of hydrogen-bond acceptors (Lipinski definition) is 7. The third kappa shape index (κ3) is 4.76. The standard InChI is InChI=1S/C26H26N2O6/c29-22-12-5-4-11-19(22)26(31)28-21-15-33-23-20(14-32-24(21)23)27-25(30)16-7-6-10-18(13-16)34-17-8-2-1-3-9-17/h1-13,20-21,23-25,27,29-30H,14-15H2,(H,28,31). The van der Waals surface area contributed by atoms with Gasteiger partial charge in [-0.3, -0.25) is 10.1 Å². The molecule has 0 radical (unpaired) electrons. The smallest absolute Gasteiger partial charge is 0.255 e. The number of carbonyl (C=O) groups excluding carboxylic acids is 1. The maximum atomic E-state index is 12.6. The number of ether oxygens (including phenoxy) is 3. The van der Waals surface area contributed by atoms with Crippen molar-refractivity contribution in [3.63, 3.8) is 0 Å². The molecule has 5 atom stereocenters. The van der Waals surface area contributed by atoms with Gasteiger partial charge in [-0.05, 0) is 42.0 Å². The van der Waals surface area contributed by atoms with Gasteiger partial charge in [0.25, 0.3) is 5.91 Å². The molecule has 176 valence electrons. The van der Waals surface area contributed by atoms with E-state index in [2.05, 4.69) is 10.6 Å². The highest BCUT2D eigenvalue weighted by Crippen LogP contribution is 2.30. The Kier molecular flexibility index (Phi) is 6.46. The second kappa shape index (κ2) is 9.82. The van der Waals surface area contributed by atoms with Gasteiger partial charge in [0, 0.05) is 0 Å². The minimum atomic E-state index is -0.954. The first-order valence-electron chi connectivity index (χ1n) is 11.2. The molecule has 2 aliphatic rings. The molecule has 0 aliphatic carbocycles. The monoisotopic (exact) mass is 462 g/mol. The van der Waals surface area contributed by atoms with Crippen LogP contribution in [0.1, 0.15) is 22.1 Å². The van der Waals surface area contributed by atoms with E-state index < -0.39 is 6.23 Å². The molecule has 2 aliphatic heterocycles. The van der Waals surface area contributed by atoms with Crippen LogP contribution in [-0.2, 0) is 9.47 Å². The van der Waals surface area contributed by atoms with Gasteiger partial charge in [0.1, 0.15) is 35.7 Å². The van der Waals surface area contributed by atoms with Crippen molar-refractivity contribution in [3.8, 4) is 17.2 Å². The average molecular weight is 463 g/mol. The van der Waals surface area contributed by atoms with E-state index in [4.69, 9.17) is 14.2 Å². The predicted molar refractivity (Wildman–Crippen MR) is 124 cm³/mol. The van der Waals surface area contributed by atoms with Gasteiger partial charge in [-0.2, -0.15) is 0 Å². The fourth-order valence-electron chi connectivity index (χ4n) is 4.35. The van der Waals surface area contributed by atoms with Gasteiger partial charge in [-0.25, -0.2) is 0 Å². The third-order valence-electron chi connectivity index (χ3n) is 6.04. The number of amides is 1. The van der Waals surface area contributed by atoms with Gasteiger partial charge in [0.15, 0.2) is 0 Å². The Bertz CT molecular complexity index is 1140. The van der Waals surface area contributed by atoms with Crippen LogP contribution in [0.15, 0.2) is 78.9 Å². The van der Waals surface area contributed by atoms with Gasteiger partial charge in [0.05, 0.1) is 30.9 Å². The van der Waals surface area contributed by atoms with E-state index in [1.54, 1.807) is 24.3 Å². The predicted octanol–water partition coefficient (Wildman–Crippen LogP) is 2.73. The molecule has 5 rings (SSSR count). The van der Waals surface area contributed by atoms with Crippen LogP contribution in [0.25, 0.3) is 0 Å². The Morgan fingerprint density at radius 1 is 0.882 bits per heavy atom. The normalized spacial score (nSPS) is 24.4. The second-order valence-corrected chi connectivity index (χ2v) is 8.36. The fraction of sp³-hybridized carbons (Fsp3) is 0.269. The summed E-state index contributed by atoms with van der Waals surface area (Å²) >= 11 is 0. The van der Waals surface area contributed by atoms with E-state index >= 15 is 0 Å². The first kappa shape index (κ1) is 22.4. The number of para-hydroxylation sites is 2. The molecule has 5 unspecified atom stereocenters. The number of carbonyl (C=O) groups is 1. The lowest BCUT2D eigenvalue weighted by atomic mass is 10.0. The summed E-state index contributed by atoms with van der Waals surface area (Å²) in [6.07, 6.45) is -1.63. The summed E-state index contributed by atoms with van der Waals surface area (Å²) in [5.41, 5.74) is 0.853. The number of aliphatic hydroxyl groups excluding tert-OH is 1. The van der Waals surface area contributed by atoms with Crippen molar-refractivity contribution < 1.29 is 29.2 Å². The molecule has 0 spiro atoms. The third-order valence-corrected chi connectivity index (χ3v) is 6.04. The summed E-state index contributed by atoms with van der Waals surface area (Å²) in [5.74, 6) is 0.867. The molecule has 8 heteroatoms. The molecule has 0 aromatic heterocycles. The number of fused-ring (bicyclic) bond motifs is 1. The number of phenols is 1. The van der Waals surface area contributed by atoms with Gasteiger partial charge < -0.3 is 29.7 Å². The van der Waals surface area contributed by atoms with Crippen LogP contribution in [0, 0.1) is 0 Å². The molecule has 3 aromatic carbocycles. The quantitative estimate of drug-likeness (QED) is 0.400. The maximum absolute atomic E-state index is 12.6. The number of benzene rings is 3. The van der Waals surface area contributed by atoms with E-state index in [9.17, 15) is 15.0 Å². The van der Waals surface area contributed by atoms with Crippen LogP contribution in [0.3, 0.4) is 0 Å². The van der Waals surface area contributed by atoms with E-state index in [-0.39, 0.29) is 48.1 Å². The summed E-state index contributed by atoms with van der Waals surface area (Å²) in [6, 6.07) is 22.4. The lowest BCUT2D eigenvalue weighted by Gasteiger charge is -2.22. The van der Waals surface area contributed by atoms with Crippen LogP contribution >= 0.6 is 0 Å². The summed E-state index contributed by atoms with van der Waals surface area (Å²) in [6.45, 7) is 0.610. The van der Waals surface area contributed by atoms with E-state index in [1.165, 1.54) is 6.07 Å². The number of hydrogen-bond donors (Lipinski definition) is 4. The molecule has 0 saturated carbocycles. The minimum absolute atomic E-state index is 0.0797. The van der Waals surface area contributed by atoms with Crippen molar-refractivity contribution in [1.29, 1.82) is 0 Å². The van der Waals surface area contributed by atoms with Crippen LogP contribution in [0.2, 0.25) is 0 Å². The molecule has 3 aromatic rings. The zero-order valence-corrected chi connectivity index (χ0v) is 18.3. The SMILES string of the molecule is O=C(NC1COC2C(NC(O)c3cccc(Oc4ccccc4)c3)COC12)c1ccccc1O. The van der Waals surface area contributed by atoms with Crippen LogP contribution in [0.5, 0.6) is 17.2 Å². The van der Waals surface area contributed by atoms with E-state index in [1.807, 2.05) is 48.5 Å². The first-order valence-corrected chi connectivity index (χ1v) is 11.2. The molecular formula is C26H26N2O6. The first-order chi connectivity index (χ1) is 16.6. The summed E-state index contributed by atoms with van der Waals surface area (Å²) in [4.78, 5) is 12.6. The molecule has 2 saturated heterocycles. The van der Waals surface area contributed by atoms with Crippen molar-refractivity contribution in [2.75, 3.05) is 13.2 Å². The molecule has 2 fully saturated rings. The van der Waals surface area contributed by atoms with Gasteiger partial charge in [0.2, 0.25) is 0 Å². The number of rotatable bonds is 7. The largest absolute Gasteiger partial charge is 0.507 e. The highest BCUT2D eigenvalue weighted by molar-refractivity contribution is 5.97. The zero-order valence-electron chi connectivity index (χ0n) is 18.3. The summed E-state index contributed by atoms with van der Waals surface area (Å²) in [7, 11) is 0. The molecule has 4 N–H and O–H groups in total. The van der Waals surface area contributed by atoms with Crippen LogP contribution in [-0.4, -0.2) is 53.6 Å². The fourth-order valence-corrected chi connectivity index (χ4v) is 4.35. The van der Waals surface area contributed by atoms with Crippen molar-refractivity contribution in [2.24, 2.45) is 0 Å².